The van der Waals surface area contributed by atoms with Crippen LogP contribution in [-0.4, -0.2) is 15.1 Å². The fourth-order valence-corrected chi connectivity index (χ4v) is 2.49. The molecule has 0 spiro atoms. The van der Waals surface area contributed by atoms with Gasteiger partial charge >= 0.3 is 0 Å². The smallest absolute Gasteiger partial charge is 0.184 e. The molecule has 0 aliphatic carbocycles. The van der Waals surface area contributed by atoms with Crippen molar-refractivity contribution < 1.29 is 13.9 Å². The number of halogens is 2. The summed E-state index contributed by atoms with van der Waals surface area (Å²) in [5, 5.41) is 10.6. The second-order valence-electron chi connectivity index (χ2n) is 5.59. The largest absolute Gasteiger partial charge is 0.506 e. The number of nitrogens with zero attached hydrogens (tertiary/aromatic N) is 2. The Balaban J connectivity index is 2.07. The molecule has 5 heteroatoms. The molecule has 2 aromatic heterocycles. The highest BCUT2D eigenvalue weighted by Crippen LogP contribution is 2.31. The van der Waals surface area contributed by atoms with E-state index in [0.717, 1.165) is 12.5 Å². The van der Waals surface area contributed by atoms with Crippen molar-refractivity contribution >= 4 is 10.9 Å². The van der Waals surface area contributed by atoms with E-state index < -0.39 is 11.6 Å². The van der Waals surface area contributed by atoms with Crippen LogP contribution in [0.4, 0.5) is 8.78 Å². The van der Waals surface area contributed by atoms with Crippen molar-refractivity contribution in [1.82, 2.24) is 9.97 Å². The highest BCUT2D eigenvalue weighted by molar-refractivity contribution is 5.84. The van der Waals surface area contributed by atoms with Gasteiger partial charge in [-0.05, 0) is 30.7 Å². The number of aromatic nitrogens is 2. The number of fused-ring (bicyclic) bond motifs is 1. The zero-order valence-electron chi connectivity index (χ0n) is 12.8. The van der Waals surface area contributed by atoms with E-state index in [9.17, 15) is 13.9 Å². The van der Waals surface area contributed by atoms with E-state index in [1.165, 1.54) is 12.3 Å². The molecule has 0 aliphatic heterocycles. The van der Waals surface area contributed by atoms with Crippen molar-refractivity contribution in [2.75, 3.05) is 0 Å². The second kappa shape index (κ2) is 5.91. The molecular weight excluding hydrogens is 298 g/mol. The first-order valence-electron chi connectivity index (χ1n) is 7.44. The van der Waals surface area contributed by atoms with Crippen LogP contribution >= 0.6 is 0 Å². The normalized spacial score (nSPS) is 12.5. The highest BCUT2D eigenvalue weighted by Gasteiger charge is 2.13. The maximum atomic E-state index is 13.7. The molecule has 0 fully saturated rings. The van der Waals surface area contributed by atoms with E-state index in [2.05, 4.69) is 9.97 Å². The van der Waals surface area contributed by atoms with Gasteiger partial charge in [0, 0.05) is 34.8 Å². The number of aromatic hydroxyl groups is 1. The van der Waals surface area contributed by atoms with Crippen LogP contribution < -0.4 is 0 Å². The molecule has 0 aliphatic rings. The topological polar surface area (TPSA) is 46.0 Å². The monoisotopic (exact) mass is 314 g/mol. The minimum Gasteiger partial charge on any atom is -0.506 e. The molecule has 1 atom stereocenters. The Labute approximate surface area is 132 Å². The van der Waals surface area contributed by atoms with E-state index in [-0.39, 0.29) is 17.2 Å². The standard InChI is InChI=1S/C18H16F2N2O/c1-3-10(2)17-15(23)7-13(9-21-17)12-6-11-4-5-14(19)16(20)18(11)22-8-12/h4-10,23H,3H2,1-2H3. The Morgan fingerprint density at radius 2 is 1.78 bits per heavy atom. The fraction of sp³-hybridized carbons (Fsp3) is 0.222. The lowest BCUT2D eigenvalue weighted by atomic mass is 10.0. The van der Waals surface area contributed by atoms with Crippen molar-refractivity contribution in [3.63, 3.8) is 0 Å². The predicted molar refractivity (Wildman–Crippen MR) is 85.3 cm³/mol. The summed E-state index contributed by atoms with van der Waals surface area (Å²) in [5.74, 6) is -1.59. The first-order chi connectivity index (χ1) is 11.0. The molecule has 1 aromatic carbocycles. The molecule has 0 saturated carbocycles. The molecule has 3 aromatic rings. The predicted octanol–water partition coefficient (Wildman–Crippen LogP) is 4.79. The highest BCUT2D eigenvalue weighted by atomic mass is 19.2. The van der Waals surface area contributed by atoms with Crippen LogP contribution in [0.2, 0.25) is 0 Å². The van der Waals surface area contributed by atoms with Crippen molar-refractivity contribution in [1.29, 1.82) is 0 Å². The Kier molecular flexibility index (Phi) is 3.94. The van der Waals surface area contributed by atoms with Crippen molar-refractivity contribution in [2.24, 2.45) is 0 Å². The van der Waals surface area contributed by atoms with Crippen molar-refractivity contribution in [3.8, 4) is 16.9 Å². The average Bonchev–Trinajstić information content (AvgIpc) is 2.57. The van der Waals surface area contributed by atoms with Gasteiger partial charge in [0.1, 0.15) is 11.3 Å². The SMILES string of the molecule is CCC(C)c1ncc(-c2cnc3c(F)c(F)ccc3c2)cc1O. The molecule has 1 N–H and O–H groups in total. The molecule has 3 nitrogen and oxygen atoms in total. The molecule has 23 heavy (non-hydrogen) atoms. The van der Waals surface area contributed by atoms with Gasteiger partial charge in [-0.15, -0.1) is 0 Å². The van der Waals surface area contributed by atoms with Crippen molar-refractivity contribution in [2.45, 2.75) is 26.2 Å². The number of hydrogen-bond donors (Lipinski definition) is 1. The van der Waals surface area contributed by atoms with Gasteiger partial charge in [-0.3, -0.25) is 9.97 Å². The van der Waals surface area contributed by atoms with E-state index in [4.69, 9.17) is 0 Å². The zero-order chi connectivity index (χ0) is 16.6. The summed E-state index contributed by atoms with van der Waals surface area (Å²) in [5.41, 5.74) is 2.00. The quantitative estimate of drug-likeness (QED) is 0.755. The Hall–Kier alpha value is -2.56. The third-order valence-electron chi connectivity index (χ3n) is 4.05. The molecular formula is C18H16F2N2O. The number of pyridine rings is 2. The average molecular weight is 314 g/mol. The van der Waals surface area contributed by atoms with Gasteiger partial charge in [-0.2, -0.15) is 0 Å². The third-order valence-corrected chi connectivity index (χ3v) is 4.05. The number of hydrogen-bond acceptors (Lipinski definition) is 3. The van der Waals surface area contributed by atoms with Gasteiger partial charge in [0.2, 0.25) is 0 Å². The molecule has 3 rings (SSSR count). The molecule has 0 saturated heterocycles. The second-order valence-corrected chi connectivity index (χ2v) is 5.59. The summed E-state index contributed by atoms with van der Waals surface area (Å²) in [4.78, 5) is 8.32. The van der Waals surface area contributed by atoms with Crippen LogP contribution in [0.1, 0.15) is 31.9 Å². The Morgan fingerprint density at radius 3 is 2.48 bits per heavy atom. The van der Waals surface area contributed by atoms with Crippen LogP contribution in [0.5, 0.6) is 5.75 Å². The lowest BCUT2D eigenvalue weighted by Crippen LogP contribution is -1.97. The van der Waals surface area contributed by atoms with Gasteiger partial charge in [0.15, 0.2) is 11.6 Å². The third kappa shape index (κ3) is 2.74. The molecule has 0 radical (unpaired) electrons. The van der Waals surface area contributed by atoms with E-state index >= 15 is 0 Å². The first kappa shape index (κ1) is 15.3. The number of benzene rings is 1. The van der Waals surface area contributed by atoms with Crippen LogP contribution in [-0.2, 0) is 0 Å². The maximum absolute atomic E-state index is 13.7. The Bertz CT molecular complexity index is 880. The van der Waals surface area contributed by atoms with Gasteiger partial charge in [0.25, 0.3) is 0 Å². The summed E-state index contributed by atoms with van der Waals surface area (Å²) in [6.07, 6.45) is 3.98. The fourth-order valence-electron chi connectivity index (χ4n) is 2.49. The van der Waals surface area contributed by atoms with Crippen LogP contribution in [0.3, 0.4) is 0 Å². The molecule has 118 valence electrons. The molecule has 1 unspecified atom stereocenters. The summed E-state index contributed by atoms with van der Waals surface area (Å²) in [7, 11) is 0. The van der Waals surface area contributed by atoms with E-state index in [0.29, 0.717) is 22.2 Å². The van der Waals surface area contributed by atoms with Gasteiger partial charge in [-0.25, -0.2) is 8.78 Å². The first-order valence-corrected chi connectivity index (χ1v) is 7.44. The zero-order valence-corrected chi connectivity index (χ0v) is 12.8. The lowest BCUT2D eigenvalue weighted by molar-refractivity contribution is 0.456. The Morgan fingerprint density at radius 1 is 1.09 bits per heavy atom. The van der Waals surface area contributed by atoms with E-state index in [1.807, 2.05) is 13.8 Å². The minimum absolute atomic E-state index is 0.0119. The summed E-state index contributed by atoms with van der Waals surface area (Å²) in [6, 6.07) is 5.87. The number of rotatable bonds is 3. The summed E-state index contributed by atoms with van der Waals surface area (Å²) in [6.45, 7) is 4.03. The summed E-state index contributed by atoms with van der Waals surface area (Å²) < 4.78 is 26.9. The van der Waals surface area contributed by atoms with Crippen LogP contribution in [0, 0.1) is 11.6 Å². The summed E-state index contributed by atoms with van der Waals surface area (Å²) >= 11 is 0. The lowest BCUT2D eigenvalue weighted by Gasteiger charge is -2.11. The van der Waals surface area contributed by atoms with Crippen molar-refractivity contribution in [3.05, 3.63) is 54.0 Å². The van der Waals surface area contributed by atoms with Gasteiger partial charge in [-0.1, -0.05) is 13.8 Å². The van der Waals surface area contributed by atoms with Gasteiger partial charge < -0.3 is 5.11 Å². The van der Waals surface area contributed by atoms with Gasteiger partial charge in [0.05, 0.1) is 5.69 Å². The van der Waals surface area contributed by atoms with Crippen LogP contribution in [0.25, 0.3) is 22.0 Å². The van der Waals surface area contributed by atoms with Crippen LogP contribution in [0.15, 0.2) is 36.7 Å². The van der Waals surface area contributed by atoms with E-state index in [1.54, 1.807) is 18.3 Å². The minimum atomic E-state index is -0.956. The maximum Gasteiger partial charge on any atom is 0.184 e. The molecule has 0 bridgehead atoms. The molecule has 2 heterocycles. The molecule has 0 amide bonds.